The van der Waals surface area contributed by atoms with Crippen molar-refractivity contribution in [1.29, 1.82) is 0 Å². The van der Waals surface area contributed by atoms with Crippen LogP contribution in [0.5, 0.6) is 5.75 Å². The molecule has 0 unspecified atom stereocenters. The fourth-order valence-electron chi connectivity index (χ4n) is 2.40. The van der Waals surface area contributed by atoms with Crippen molar-refractivity contribution in [1.82, 2.24) is 25.5 Å². The summed E-state index contributed by atoms with van der Waals surface area (Å²) in [6.45, 7) is 2.22. The normalized spacial score (nSPS) is 10.2. The second-order valence-electron chi connectivity index (χ2n) is 6.12. The average molecular weight is 442 g/mol. The van der Waals surface area contributed by atoms with Crippen LogP contribution in [-0.2, 0) is 6.42 Å². The summed E-state index contributed by atoms with van der Waals surface area (Å²) >= 11 is 5.99. The van der Waals surface area contributed by atoms with E-state index < -0.39 is 11.8 Å². The number of hydrogen-bond donors (Lipinski definition) is 3. The summed E-state index contributed by atoms with van der Waals surface area (Å²) < 4.78 is 9.63. The number of carbonyl (C=O) groups is 2. The molecular weight excluding hydrogens is 422 g/mol. The Hall–Kier alpha value is -3.37. The zero-order valence-corrected chi connectivity index (χ0v) is 17.7. The van der Waals surface area contributed by atoms with Gasteiger partial charge in [0.2, 0.25) is 5.01 Å². The van der Waals surface area contributed by atoms with Gasteiger partial charge in [0.05, 0.1) is 6.61 Å². The van der Waals surface area contributed by atoms with E-state index in [-0.39, 0.29) is 10.1 Å². The van der Waals surface area contributed by atoms with Crippen LogP contribution in [0.15, 0.2) is 54.6 Å². The predicted molar refractivity (Wildman–Crippen MR) is 117 cm³/mol. The van der Waals surface area contributed by atoms with Crippen LogP contribution < -0.4 is 20.9 Å². The molecule has 0 aliphatic rings. The number of hydrogen-bond acceptors (Lipinski definition) is 7. The summed E-state index contributed by atoms with van der Waals surface area (Å²) in [7, 11) is 0. The third kappa shape index (κ3) is 6.33. The lowest BCUT2D eigenvalue weighted by atomic mass is 10.2. The summed E-state index contributed by atoms with van der Waals surface area (Å²) in [5.41, 5.74) is 6.42. The molecule has 0 aliphatic carbocycles. The van der Waals surface area contributed by atoms with Crippen molar-refractivity contribution < 1.29 is 14.3 Å². The van der Waals surface area contributed by atoms with Crippen LogP contribution in [-0.4, -0.2) is 32.9 Å². The first kappa shape index (κ1) is 21.3. The number of aryl methyl sites for hydroxylation is 1. The van der Waals surface area contributed by atoms with Gasteiger partial charge in [0.25, 0.3) is 11.8 Å². The molecule has 2 aromatic carbocycles. The summed E-state index contributed by atoms with van der Waals surface area (Å²) in [6, 6.07) is 16.8. The van der Waals surface area contributed by atoms with E-state index >= 15 is 0 Å². The van der Waals surface area contributed by atoms with E-state index in [1.807, 2.05) is 30.3 Å². The van der Waals surface area contributed by atoms with Crippen molar-refractivity contribution in [3.05, 3.63) is 76.6 Å². The zero-order valence-electron chi connectivity index (χ0n) is 16.0. The van der Waals surface area contributed by atoms with E-state index in [0.717, 1.165) is 18.0 Å². The van der Waals surface area contributed by atoms with Crippen LogP contribution >= 0.6 is 23.8 Å². The van der Waals surface area contributed by atoms with E-state index in [1.54, 1.807) is 31.2 Å². The zero-order chi connectivity index (χ0) is 21.3. The lowest BCUT2D eigenvalue weighted by molar-refractivity contribution is 0.0934. The molecule has 0 radical (unpaired) electrons. The number of hydrazine groups is 1. The highest BCUT2D eigenvalue weighted by Crippen LogP contribution is 2.13. The van der Waals surface area contributed by atoms with Gasteiger partial charge >= 0.3 is 0 Å². The number of ether oxygens (including phenoxy) is 1. The second kappa shape index (κ2) is 10.4. The van der Waals surface area contributed by atoms with Gasteiger partial charge in [0.1, 0.15) is 11.6 Å². The fourth-order valence-corrected chi connectivity index (χ4v) is 3.11. The maximum absolute atomic E-state index is 12.3. The molecule has 0 fully saturated rings. The number of thiocarbonyl (C=S) groups is 1. The van der Waals surface area contributed by atoms with Gasteiger partial charge < -0.3 is 4.74 Å². The van der Waals surface area contributed by atoms with Crippen molar-refractivity contribution in [2.75, 3.05) is 6.61 Å². The van der Waals surface area contributed by atoms with Gasteiger partial charge in [0.15, 0.2) is 5.11 Å². The molecule has 0 atom stereocenters. The summed E-state index contributed by atoms with van der Waals surface area (Å²) in [4.78, 5) is 28.1. The number of carbonyl (C=O) groups excluding carboxylic acids is 2. The lowest BCUT2D eigenvalue weighted by Gasteiger charge is -2.10. The monoisotopic (exact) mass is 441 g/mol. The second-order valence-corrected chi connectivity index (χ2v) is 7.28. The summed E-state index contributed by atoms with van der Waals surface area (Å²) in [6.07, 6.45) is 0.797. The first-order valence-electron chi connectivity index (χ1n) is 9.00. The maximum Gasteiger partial charge on any atom is 0.300 e. The predicted octanol–water partition coefficient (Wildman–Crippen LogP) is 2.42. The molecule has 1 heterocycles. The third-order valence-electron chi connectivity index (χ3n) is 3.86. The van der Waals surface area contributed by atoms with Crippen LogP contribution in [0.25, 0.3) is 0 Å². The highest BCUT2D eigenvalue weighted by Gasteiger charge is 2.12. The third-order valence-corrected chi connectivity index (χ3v) is 4.87. The number of rotatable bonds is 6. The Morgan fingerprint density at radius 2 is 1.77 bits per heavy atom. The highest BCUT2D eigenvalue weighted by atomic mass is 32.1. The standard InChI is InChI=1S/C20H19N5O3S2/c1-13-21-19(30-25-13)18(27)23-24-20(29)22-17(26)15-7-9-16(10-8-15)28-12-11-14-5-3-2-4-6-14/h2-10H,11-12H2,1H3,(H,23,27)(H2,22,24,26,29). The Morgan fingerprint density at radius 1 is 1.03 bits per heavy atom. The van der Waals surface area contributed by atoms with Gasteiger partial charge in [-0.2, -0.15) is 4.37 Å². The molecule has 0 saturated carbocycles. The molecule has 3 N–H and O–H groups in total. The molecule has 1 aromatic heterocycles. The minimum Gasteiger partial charge on any atom is -0.493 e. The van der Waals surface area contributed by atoms with E-state index in [4.69, 9.17) is 17.0 Å². The van der Waals surface area contributed by atoms with Crippen molar-refractivity contribution in [2.24, 2.45) is 0 Å². The van der Waals surface area contributed by atoms with Gasteiger partial charge in [-0.25, -0.2) is 4.98 Å². The molecule has 154 valence electrons. The van der Waals surface area contributed by atoms with Crippen LogP contribution in [0.2, 0.25) is 0 Å². The minimum absolute atomic E-state index is 0.0437. The van der Waals surface area contributed by atoms with E-state index in [1.165, 1.54) is 5.56 Å². The van der Waals surface area contributed by atoms with Gasteiger partial charge in [-0.15, -0.1) is 0 Å². The first-order valence-corrected chi connectivity index (χ1v) is 10.2. The molecule has 3 aromatic rings. The van der Waals surface area contributed by atoms with Crippen molar-refractivity contribution in [2.45, 2.75) is 13.3 Å². The Morgan fingerprint density at radius 3 is 2.43 bits per heavy atom. The van der Waals surface area contributed by atoms with Crippen LogP contribution in [0.4, 0.5) is 0 Å². The SMILES string of the molecule is Cc1nsc(C(=O)NNC(=S)NC(=O)c2ccc(OCCc3ccccc3)cc2)n1. The number of amides is 2. The molecule has 0 spiro atoms. The first-order chi connectivity index (χ1) is 14.5. The van der Waals surface area contributed by atoms with E-state index in [0.29, 0.717) is 23.7 Å². The van der Waals surface area contributed by atoms with Crippen LogP contribution in [0, 0.1) is 6.92 Å². The Labute approximate surface area is 182 Å². The molecule has 10 heteroatoms. The molecule has 30 heavy (non-hydrogen) atoms. The number of nitrogens with zero attached hydrogens (tertiary/aromatic N) is 2. The maximum atomic E-state index is 12.3. The molecular formula is C20H19N5O3S2. The Bertz CT molecular complexity index is 1020. The minimum atomic E-state index is -0.491. The van der Waals surface area contributed by atoms with E-state index in [9.17, 15) is 9.59 Å². The smallest absolute Gasteiger partial charge is 0.300 e. The van der Waals surface area contributed by atoms with Crippen LogP contribution in [0.1, 0.15) is 31.5 Å². The highest BCUT2D eigenvalue weighted by molar-refractivity contribution is 7.80. The molecule has 0 aliphatic heterocycles. The largest absolute Gasteiger partial charge is 0.493 e. The van der Waals surface area contributed by atoms with E-state index in [2.05, 4.69) is 25.5 Å². The fraction of sp³-hybridized carbons (Fsp3) is 0.150. The van der Waals surface area contributed by atoms with Crippen LogP contribution in [0.3, 0.4) is 0 Å². The Balaban J connectivity index is 1.42. The van der Waals surface area contributed by atoms with Crippen molar-refractivity contribution >= 4 is 40.7 Å². The molecule has 0 saturated heterocycles. The molecule has 3 rings (SSSR count). The van der Waals surface area contributed by atoms with Gasteiger partial charge in [-0.05, 0) is 60.5 Å². The number of nitrogens with one attached hydrogen (secondary N) is 3. The van der Waals surface area contributed by atoms with Gasteiger partial charge in [0, 0.05) is 12.0 Å². The molecule has 8 nitrogen and oxygen atoms in total. The van der Waals surface area contributed by atoms with Crippen molar-refractivity contribution in [3.8, 4) is 5.75 Å². The topological polar surface area (TPSA) is 105 Å². The van der Waals surface area contributed by atoms with Crippen molar-refractivity contribution in [3.63, 3.8) is 0 Å². The van der Waals surface area contributed by atoms with Gasteiger partial charge in [-0.3, -0.25) is 25.8 Å². The molecule has 0 bridgehead atoms. The Kier molecular flexibility index (Phi) is 7.41. The summed E-state index contributed by atoms with van der Waals surface area (Å²) in [5.74, 6) is 0.273. The number of benzene rings is 2. The van der Waals surface area contributed by atoms with Gasteiger partial charge in [-0.1, -0.05) is 30.3 Å². The lowest BCUT2D eigenvalue weighted by Crippen LogP contribution is -2.48. The quantitative estimate of drug-likeness (QED) is 0.399. The summed E-state index contributed by atoms with van der Waals surface area (Å²) in [5, 5.41) is 2.63. The molecule has 2 amide bonds. The number of aromatic nitrogens is 2. The average Bonchev–Trinajstić information content (AvgIpc) is 3.19.